The number of hydrogen-bond donors (Lipinski definition) is 3. The van der Waals surface area contributed by atoms with Crippen molar-refractivity contribution in [2.45, 2.75) is 5.92 Å². The molecule has 0 spiro atoms. The van der Waals surface area contributed by atoms with Gasteiger partial charge in [0.15, 0.2) is 0 Å². The number of rotatable bonds is 2. The van der Waals surface area contributed by atoms with Gasteiger partial charge in [-0.05, 0) is 29.8 Å². The molecule has 1 atom stereocenters. The number of benzene rings is 1. The van der Waals surface area contributed by atoms with E-state index in [1.54, 1.807) is 30.6 Å². The number of H-pyrrole nitrogens is 1. The van der Waals surface area contributed by atoms with Crippen LogP contribution < -0.4 is 10.5 Å². The molecule has 0 amide bonds. The van der Waals surface area contributed by atoms with Crippen LogP contribution in [0.4, 0.5) is 0 Å². The summed E-state index contributed by atoms with van der Waals surface area (Å²) >= 11 is 0. The van der Waals surface area contributed by atoms with Gasteiger partial charge in [-0.3, -0.25) is 10.1 Å². The molecule has 1 aromatic carbocycles. The maximum atomic E-state index is 9.86. The second-order valence-corrected chi connectivity index (χ2v) is 5.57. The SMILES string of the molecule is N#CC1=C(N)Oc2n[nH]c(-c3ccncc3)c2C1c1cccc(O)c1. The van der Waals surface area contributed by atoms with Gasteiger partial charge < -0.3 is 15.6 Å². The van der Waals surface area contributed by atoms with Crippen molar-refractivity contribution in [1.82, 2.24) is 15.2 Å². The monoisotopic (exact) mass is 331 g/mol. The first-order valence-electron chi connectivity index (χ1n) is 7.54. The van der Waals surface area contributed by atoms with Gasteiger partial charge in [0, 0.05) is 18.0 Å². The number of nitrogens with zero attached hydrogens (tertiary/aromatic N) is 3. The van der Waals surface area contributed by atoms with E-state index in [-0.39, 0.29) is 17.2 Å². The van der Waals surface area contributed by atoms with Gasteiger partial charge in [0.25, 0.3) is 0 Å². The van der Waals surface area contributed by atoms with Crippen molar-refractivity contribution >= 4 is 0 Å². The number of nitriles is 1. The minimum atomic E-state index is -0.497. The average molecular weight is 331 g/mol. The molecular weight excluding hydrogens is 318 g/mol. The fraction of sp³-hybridized carbons (Fsp3) is 0.0556. The number of nitrogens with two attached hydrogens (primary N) is 1. The number of ether oxygens (including phenoxy) is 1. The molecule has 122 valence electrons. The molecule has 0 bridgehead atoms. The van der Waals surface area contributed by atoms with E-state index in [4.69, 9.17) is 10.5 Å². The highest BCUT2D eigenvalue weighted by atomic mass is 16.5. The number of pyridine rings is 1. The van der Waals surface area contributed by atoms with E-state index in [2.05, 4.69) is 21.3 Å². The Labute approximate surface area is 143 Å². The van der Waals surface area contributed by atoms with Crippen LogP contribution in [0, 0.1) is 11.3 Å². The fourth-order valence-corrected chi connectivity index (χ4v) is 3.02. The van der Waals surface area contributed by atoms with Gasteiger partial charge in [-0.2, -0.15) is 5.26 Å². The molecule has 0 saturated carbocycles. The van der Waals surface area contributed by atoms with Crippen LogP contribution in [0.1, 0.15) is 17.0 Å². The lowest BCUT2D eigenvalue weighted by molar-refractivity contribution is 0.378. The largest absolute Gasteiger partial charge is 0.508 e. The molecule has 0 saturated heterocycles. The van der Waals surface area contributed by atoms with Crippen molar-refractivity contribution in [3.63, 3.8) is 0 Å². The van der Waals surface area contributed by atoms with E-state index in [1.807, 2.05) is 18.2 Å². The predicted octanol–water partition coefficient (Wildman–Crippen LogP) is 2.40. The number of allylic oxidation sites excluding steroid dienone is 1. The molecule has 4 N–H and O–H groups in total. The second kappa shape index (κ2) is 5.69. The third kappa shape index (κ3) is 2.37. The van der Waals surface area contributed by atoms with Crippen molar-refractivity contribution in [3.05, 3.63) is 71.4 Å². The molecular formula is C18H13N5O2. The molecule has 3 aromatic rings. The van der Waals surface area contributed by atoms with Gasteiger partial charge in [0.05, 0.1) is 17.2 Å². The lowest BCUT2D eigenvalue weighted by Gasteiger charge is -2.24. The van der Waals surface area contributed by atoms with Crippen molar-refractivity contribution in [2.75, 3.05) is 0 Å². The van der Waals surface area contributed by atoms with E-state index < -0.39 is 5.92 Å². The molecule has 0 aliphatic carbocycles. The quantitative estimate of drug-likeness (QED) is 0.663. The van der Waals surface area contributed by atoms with Crippen LogP contribution >= 0.6 is 0 Å². The molecule has 1 unspecified atom stereocenters. The minimum absolute atomic E-state index is 0.0103. The van der Waals surface area contributed by atoms with Gasteiger partial charge in [0.1, 0.15) is 17.4 Å². The first kappa shape index (κ1) is 14.8. The molecule has 2 aromatic heterocycles. The number of hydrogen-bond acceptors (Lipinski definition) is 6. The van der Waals surface area contributed by atoms with Gasteiger partial charge in [-0.15, -0.1) is 5.10 Å². The highest BCUT2D eigenvalue weighted by Gasteiger charge is 2.35. The summed E-state index contributed by atoms with van der Waals surface area (Å²) in [5.74, 6) is -0.0640. The second-order valence-electron chi connectivity index (χ2n) is 5.57. The van der Waals surface area contributed by atoms with E-state index in [0.717, 1.165) is 11.1 Å². The average Bonchev–Trinajstić information content (AvgIpc) is 3.04. The fourth-order valence-electron chi connectivity index (χ4n) is 3.02. The maximum Gasteiger partial charge on any atom is 0.244 e. The van der Waals surface area contributed by atoms with Crippen molar-refractivity contribution in [1.29, 1.82) is 5.26 Å². The van der Waals surface area contributed by atoms with E-state index in [9.17, 15) is 10.4 Å². The lowest BCUT2D eigenvalue weighted by atomic mass is 9.83. The first-order valence-corrected chi connectivity index (χ1v) is 7.54. The Bertz CT molecular complexity index is 1020. The zero-order valence-electron chi connectivity index (χ0n) is 13.0. The zero-order valence-corrected chi connectivity index (χ0v) is 13.0. The predicted molar refractivity (Wildman–Crippen MR) is 89.2 cm³/mol. The van der Waals surface area contributed by atoms with Crippen molar-refractivity contribution in [3.8, 4) is 29.0 Å². The highest BCUT2D eigenvalue weighted by Crippen LogP contribution is 2.45. The Morgan fingerprint density at radius 2 is 2.04 bits per heavy atom. The topological polar surface area (TPSA) is 121 Å². The Balaban J connectivity index is 1.97. The van der Waals surface area contributed by atoms with Gasteiger partial charge >= 0.3 is 0 Å². The molecule has 1 aliphatic rings. The third-order valence-corrected chi connectivity index (χ3v) is 4.11. The standard InChI is InChI=1S/C18H13N5O2/c19-9-13-14(11-2-1-3-12(24)8-11)15-16(10-4-6-21-7-5-10)22-23-18(15)25-17(13)20/h1-8,14,24H,20H2,(H,22,23). The number of aromatic amines is 1. The normalized spacial score (nSPS) is 16.0. The molecule has 4 rings (SSSR count). The smallest absolute Gasteiger partial charge is 0.244 e. The summed E-state index contributed by atoms with van der Waals surface area (Å²) in [5.41, 5.74) is 9.19. The Kier molecular flexibility index (Phi) is 3.36. The maximum absolute atomic E-state index is 9.86. The van der Waals surface area contributed by atoms with Crippen LogP contribution in [0.5, 0.6) is 11.6 Å². The summed E-state index contributed by atoms with van der Waals surface area (Å²) in [6.45, 7) is 0. The van der Waals surface area contributed by atoms with Crippen LogP contribution in [0.3, 0.4) is 0 Å². The molecule has 3 heterocycles. The van der Waals surface area contributed by atoms with Crippen LogP contribution in [0.25, 0.3) is 11.3 Å². The Hall–Kier alpha value is -3.79. The van der Waals surface area contributed by atoms with Gasteiger partial charge in [0.2, 0.25) is 11.8 Å². The van der Waals surface area contributed by atoms with Gasteiger partial charge in [-0.25, -0.2) is 0 Å². The summed E-state index contributed by atoms with van der Waals surface area (Å²) in [5, 5.41) is 26.6. The Morgan fingerprint density at radius 1 is 1.24 bits per heavy atom. The summed E-state index contributed by atoms with van der Waals surface area (Å²) in [6, 6.07) is 12.5. The van der Waals surface area contributed by atoms with Crippen LogP contribution in [-0.2, 0) is 0 Å². The van der Waals surface area contributed by atoms with Crippen LogP contribution in [-0.4, -0.2) is 20.3 Å². The van der Waals surface area contributed by atoms with Crippen molar-refractivity contribution < 1.29 is 9.84 Å². The summed E-state index contributed by atoms with van der Waals surface area (Å²) in [4.78, 5) is 4.02. The highest BCUT2D eigenvalue weighted by molar-refractivity contribution is 5.70. The summed E-state index contributed by atoms with van der Waals surface area (Å²) in [6.07, 6.45) is 3.34. The van der Waals surface area contributed by atoms with E-state index in [1.165, 1.54) is 0 Å². The molecule has 1 aliphatic heterocycles. The van der Waals surface area contributed by atoms with Crippen molar-refractivity contribution in [2.24, 2.45) is 5.73 Å². The van der Waals surface area contributed by atoms with Crippen LogP contribution in [0.15, 0.2) is 60.2 Å². The first-order chi connectivity index (χ1) is 12.2. The third-order valence-electron chi connectivity index (χ3n) is 4.11. The summed E-state index contributed by atoms with van der Waals surface area (Å²) in [7, 11) is 0. The number of phenols is 1. The molecule has 0 fully saturated rings. The Morgan fingerprint density at radius 3 is 2.76 bits per heavy atom. The molecule has 0 radical (unpaired) electrons. The zero-order chi connectivity index (χ0) is 17.4. The minimum Gasteiger partial charge on any atom is -0.508 e. The van der Waals surface area contributed by atoms with E-state index >= 15 is 0 Å². The van der Waals surface area contributed by atoms with Gasteiger partial charge in [-0.1, -0.05) is 12.1 Å². The number of fused-ring (bicyclic) bond motifs is 1. The number of aromatic nitrogens is 3. The number of phenolic OH excluding ortho intramolecular Hbond substituents is 1. The van der Waals surface area contributed by atoms with E-state index in [0.29, 0.717) is 17.1 Å². The molecule has 7 nitrogen and oxygen atoms in total. The number of aromatic hydroxyl groups is 1. The molecule has 25 heavy (non-hydrogen) atoms. The lowest BCUT2D eigenvalue weighted by Crippen LogP contribution is -2.20. The van der Waals surface area contributed by atoms with Crippen LogP contribution in [0.2, 0.25) is 0 Å². The molecule has 7 heteroatoms. The summed E-state index contributed by atoms with van der Waals surface area (Å²) < 4.78 is 5.53. The number of nitrogens with one attached hydrogen (secondary N) is 1.